The molecule has 2 nitrogen and oxygen atoms in total. The van der Waals surface area contributed by atoms with Crippen molar-refractivity contribution in [3.8, 4) is 0 Å². The highest BCUT2D eigenvalue weighted by atomic mass is 19.1. The molecule has 3 rings (SSSR count). The van der Waals surface area contributed by atoms with Gasteiger partial charge in [0, 0.05) is 30.9 Å². The molecule has 2 unspecified atom stereocenters. The number of nitrogens with one attached hydrogen (secondary N) is 1. The van der Waals surface area contributed by atoms with Crippen LogP contribution in [0.25, 0.3) is 0 Å². The first-order valence-corrected chi connectivity index (χ1v) is 8.31. The fourth-order valence-electron chi connectivity index (χ4n) is 4.01. The number of benzene rings is 1. The van der Waals surface area contributed by atoms with Gasteiger partial charge in [0.05, 0.1) is 0 Å². The van der Waals surface area contributed by atoms with Crippen LogP contribution in [0.1, 0.15) is 38.7 Å². The summed E-state index contributed by atoms with van der Waals surface area (Å²) in [6, 6.07) is 6.68. The molecule has 1 N–H and O–H groups in total. The van der Waals surface area contributed by atoms with E-state index in [1.54, 1.807) is 6.07 Å². The number of rotatable bonds is 3. The Balaban J connectivity index is 1.74. The van der Waals surface area contributed by atoms with Crippen LogP contribution in [0.3, 0.4) is 0 Å². The van der Waals surface area contributed by atoms with E-state index in [0.29, 0.717) is 23.9 Å². The minimum absolute atomic E-state index is 0.107. The van der Waals surface area contributed by atoms with E-state index in [0.717, 1.165) is 11.3 Å². The van der Waals surface area contributed by atoms with E-state index in [2.05, 4.69) is 24.1 Å². The minimum Gasteiger partial charge on any atom is -0.382 e. The topological polar surface area (TPSA) is 15.3 Å². The molecule has 0 aromatic heterocycles. The first kappa shape index (κ1) is 14.8. The molecule has 2 bridgehead atoms. The van der Waals surface area contributed by atoms with Gasteiger partial charge in [0.1, 0.15) is 5.82 Å². The first-order chi connectivity index (χ1) is 10.0. The van der Waals surface area contributed by atoms with Gasteiger partial charge in [0.25, 0.3) is 0 Å². The van der Waals surface area contributed by atoms with Crippen molar-refractivity contribution in [2.45, 2.75) is 52.1 Å². The Morgan fingerprint density at radius 3 is 2.43 bits per heavy atom. The summed E-state index contributed by atoms with van der Waals surface area (Å²) in [5.74, 6) is 1.29. The van der Waals surface area contributed by atoms with Crippen molar-refractivity contribution in [1.82, 2.24) is 4.90 Å². The van der Waals surface area contributed by atoms with Crippen LogP contribution in [0.5, 0.6) is 0 Å². The summed E-state index contributed by atoms with van der Waals surface area (Å²) in [6.45, 7) is 8.76. The minimum atomic E-state index is -0.107. The van der Waals surface area contributed by atoms with Crippen LogP contribution in [0, 0.1) is 24.6 Å². The van der Waals surface area contributed by atoms with E-state index < -0.39 is 0 Å². The molecule has 1 aromatic rings. The van der Waals surface area contributed by atoms with Gasteiger partial charge >= 0.3 is 0 Å². The van der Waals surface area contributed by atoms with Crippen molar-refractivity contribution in [3.05, 3.63) is 29.6 Å². The predicted octanol–water partition coefficient (Wildman–Crippen LogP) is 4.05. The smallest absolute Gasteiger partial charge is 0.128 e. The van der Waals surface area contributed by atoms with E-state index in [9.17, 15) is 4.39 Å². The Hall–Kier alpha value is -1.09. The lowest BCUT2D eigenvalue weighted by Crippen LogP contribution is -2.56. The zero-order valence-electron chi connectivity index (χ0n) is 13.4. The Kier molecular flexibility index (Phi) is 4.21. The van der Waals surface area contributed by atoms with Gasteiger partial charge in [-0.25, -0.2) is 4.39 Å². The Labute approximate surface area is 127 Å². The van der Waals surface area contributed by atoms with Gasteiger partial charge in [-0.15, -0.1) is 0 Å². The molecule has 2 aliphatic rings. The van der Waals surface area contributed by atoms with E-state index in [1.807, 2.05) is 19.1 Å². The van der Waals surface area contributed by atoms with Gasteiger partial charge in [-0.3, -0.25) is 0 Å². The van der Waals surface area contributed by atoms with Crippen LogP contribution in [0.2, 0.25) is 0 Å². The molecule has 0 radical (unpaired) electrons. The number of fused-ring (bicyclic) bond motifs is 2. The summed E-state index contributed by atoms with van der Waals surface area (Å²) in [5.41, 5.74) is 1.66. The highest BCUT2D eigenvalue weighted by Gasteiger charge is 2.39. The normalized spacial score (nSPS) is 29.7. The summed E-state index contributed by atoms with van der Waals surface area (Å²) in [7, 11) is 0. The molecule has 1 saturated heterocycles. The highest BCUT2D eigenvalue weighted by molar-refractivity contribution is 5.46. The average Bonchev–Trinajstić information content (AvgIpc) is 2.42. The maximum absolute atomic E-state index is 13.7. The maximum atomic E-state index is 13.7. The lowest BCUT2D eigenvalue weighted by Gasteiger charge is -2.49. The third-order valence-corrected chi connectivity index (χ3v) is 5.34. The number of nitrogens with zero attached hydrogens (tertiary/aromatic N) is 1. The van der Waals surface area contributed by atoms with Crippen LogP contribution in [-0.2, 0) is 0 Å². The largest absolute Gasteiger partial charge is 0.382 e. The summed E-state index contributed by atoms with van der Waals surface area (Å²) in [6.07, 6.45) is 3.94. The molecule has 3 heteroatoms. The van der Waals surface area contributed by atoms with Crippen molar-refractivity contribution in [2.24, 2.45) is 11.8 Å². The quantitative estimate of drug-likeness (QED) is 0.903. The summed E-state index contributed by atoms with van der Waals surface area (Å²) >= 11 is 0. The Morgan fingerprint density at radius 2 is 1.86 bits per heavy atom. The number of aryl methyl sites for hydroxylation is 1. The lowest BCUT2D eigenvalue weighted by molar-refractivity contribution is 0.0518. The number of piperidine rings is 1. The monoisotopic (exact) mass is 290 g/mol. The van der Waals surface area contributed by atoms with Crippen LogP contribution >= 0.6 is 0 Å². The highest BCUT2D eigenvalue weighted by Crippen LogP contribution is 2.37. The fraction of sp³-hybridized carbons (Fsp3) is 0.667. The molecule has 21 heavy (non-hydrogen) atoms. The second-order valence-electron chi connectivity index (χ2n) is 7.13. The van der Waals surface area contributed by atoms with Crippen LogP contribution in [0.15, 0.2) is 18.2 Å². The number of anilines is 1. The SMILES string of the molecule is Cc1ccc(NC2C3CCCC2CN(C(C)C)C3)cc1F. The molecule has 1 aliphatic heterocycles. The maximum Gasteiger partial charge on any atom is 0.128 e. The van der Waals surface area contributed by atoms with Crippen LogP contribution < -0.4 is 5.32 Å². The van der Waals surface area contributed by atoms with Gasteiger partial charge in [0.15, 0.2) is 0 Å². The number of hydrogen-bond acceptors (Lipinski definition) is 2. The fourth-order valence-corrected chi connectivity index (χ4v) is 4.01. The zero-order chi connectivity index (χ0) is 15.0. The lowest BCUT2D eigenvalue weighted by atomic mass is 9.73. The molecular formula is C18H27FN2. The van der Waals surface area contributed by atoms with Crippen molar-refractivity contribution < 1.29 is 4.39 Å². The zero-order valence-corrected chi connectivity index (χ0v) is 13.4. The second-order valence-corrected chi connectivity index (χ2v) is 7.13. The van der Waals surface area contributed by atoms with Crippen molar-refractivity contribution in [2.75, 3.05) is 18.4 Å². The molecule has 2 atom stereocenters. The van der Waals surface area contributed by atoms with E-state index in [4.69, 9.17) is 0 Å². The second kappa shape index (κ2) is 5.96. The first-order valence-electron chi connectivity index (χ1n) is 8.31. The van der Waals surface area contributed by atoms with Gasteiger partial charge in [-0.2, -0.15) is 0 Å². The molecule has 1 heterocycles. The molecule has 0 spiro atoms. The number of likely N-dealkylation sites (tertiary alicyclic amines) is 1. The molecule has 1 saturated carbocycles. The summed E-state index contributed by atoms with van der Waals surface area (Å²) in [4.78, 5) is 2.61. The van der Waals surface area contributed by atoms with Crippen molar-refractivity contribution in [1.29, 1.82) is 0 Å². The third-order valence-electron chi connectivity index (χ3n) is 5.34. The molecular weight excluding hydrogens is 263 g/mol. The van der Waals surface area contributed by atoms with Gasteiger partial charge < -0.3 is 10.2 Å². The van der Waals surface area contributed by atoms with Crippen molar-refractivity contribution >= 4 is 5.69 Å². The van der Waals surface area contributed by atoms with Gasteiger partial charge in [0.2, 0.25) is 0 Å². The Morgan fingerprint density at radius 1 is 1.19 bits per heavy atom. The molecule has 1 aromatic carbocycles. The summed E-state index contributed by atoms with van der Waals surface area (Å²) in [5, 5.41) is 3.64. The summed E-state index contributed by atoms with van der Waals surface area (Å²) < 4.78 is 13.7. The molecule has 0 amide bonds. The molecule has 2 fully saturated rings. The number of hydrogen-bond donors (Lipinski definition) is 1. The number of halogens is 1. The average molecular weight is 290 g/mol. The van der Waals surface area contributed by atoms with Crippen molar-refractivity contribution in [3.63, 3.8) is 0 Å². The van der Waals surface area contributed by atoms with Crippen LogP contribution in [-0.4, -0.2) is 30.1 Å². The van der Waals surface area contributed by atoms with E-state index in [1.165, 1.54) is 32.4 Å². The van der Waals surface area contributed by atoms with Gasteiger partial charge in [-0.05, 0) is 63.1 Å². The predicted molar refractivity (Wildman–Crippen MR) is 86.1 cm³/mol. The van der Waals surface area contributed by atoms with E-state index >= 15 is 0 Å². The standard InChI is InChI=1S/C18H27FN2/c1-12(2)21-10-14-5-4-6-15(11-21)18(14)20-16-8-7-13(3)17(19)9-16/h7-9,12,14-15,18,20H,4-6,10-11H2,1-3H3. The van der Waals surface area contributed by atoms with Gasteiger partial charge in [-0.1, -0.05) is 12.5 Å². The molecule has 116 valence electrons. The molecule has 1 aliphatic carbocycles. The third kappa shape index (κ3) is 3.08. The van der Waals surface area contributed by atoms with Crippen LogP contribution in [0.4, 0.5) is 10.1 Å². The Bertz CT molecular complexity index is 486. The van der Waals surface area contributed by atoms with E-state index in [-0.39, 0.29) is 5.82 Å².